The number of methoxy groups -OCH3 is 1. The van der Waals surface area contributed by atoms with Crippen LogP contribution in [0.5, 0.6) is 0 Å². The van der Waals surface area contributed by atoms with E-state index >= 15 is 0 Å². The maximum Gasteiger partial charge on any atom is 0.335 e. The summed E-state index contributed by atoms with van der Waals surface area (Å²) in [5.41, 5.74) is 4.72. The number of hydrogen-bond donors (Lipinski definition) is 2. The van der Waals surface area contributed by atoms with Crippen molar-refractivity contribution in [2.45, 2.75) is 57.5 Å². The summed E-state index contributed by atoms with van der Waals surface area (Å²) in [5.74, 6) is -1.09. The molecular formula is C25H27FN4O3. The number of benzene rings is 1. The van der Waals surface area contributed by atoms with Gasteiger partial charge < -0.3 is 14.4 Å². The van der Waals surface area contributed by atoms with Crippen LogP contribution in [0.15, 0.2) is 30.5 Å². The molecule has 0 aliphatic heterocycles. The number of hydrogen-bond acceptors (Lipinski definition) is 4. The first-order valence-electron chi connectivity index (χ1n) is 11.2. The first-order valence-corrected chi connectivity index (χ1v) is 11.2. The normalized spacial score (nSPS) is 21.0. The second-order valence-electron chi connectivity index (χ2n) is 9.33. The molecule has 0 saturated heterocycles. The summed E-state index contributed by atoms with van der Waals surface area (Å²) in [6, 6.07) is 7.16. The van der Waals surface area contributed by atoms with Crippen molar-refractivity contribution in [3.8, 4) is 5.69 Å². The van der Waals surface area contributed by atoms with Crippen LogP contribution in [0.3, 0.4) is 0 Å². The first-order chi connectivity index (χ1) is 15.8. The van der Waals surface area contributed by atoms with Gasteiger partial charge in [-0.05, 0) is 67.9 Å². The number of ether oxygens (including phenoxy) is 1. The molecule has 0 amide bonds. The van der Waals surface area contributed by atoms with Crippen LogP contribution < -0.4 is 0 Å². The Bertz CT molecular complexity index is 1390. The highest BCUT2D eigenvalue weighted by molar-refractivity contribution is 5.94. The largest absolute Gasteiger partial charge is 0.479 e. The standard InChI is InChI=1S/C25H27FN4O3/c1-13(2)22-20(15-7-8-25(11-15,33-4)24(31)32)21-19(10-16-12-27-29-23(16)28-21)30(22)17-5-6-18(26)14(3)9-17/h5-6,9-10,12-13,15H,7-8,11H2,1-4H3,(H,31,32)(H,27,28,29)/t15-,25+/m1/s1. The number of nitrogens with one attached hydrogen (secondary N) is 1. The van der Waals surface area contributed by atoms with E-state index < -0.39 is 11.6 Å². The summed E-state index contributed by atoms with van der Waals surface area (Å²) in [7, 11) is 1.47. The summed E-state index contributed by atoms with van der Waals surface area (Å²) in [5, 5.41) is 17.8. The number of pyridine rings is 1. The smallest absolute Gasteiger partial charge is 0.335 e. The third-order valence-corrected chi connectivity index (χ3v) is 7.03. The molecule has 1 aliphatic carbocycles. The number of nitrogens with zero attached hydrogens (tertiary/aromatic N) is 3. The van der Waals surface area contributed by atoms with Gasteiger partial charge in [-0.3, -0.25) is 5.10 Å². The van der Waals surface area contributed by atoms with Crippen molar-refractivity contribution in [3.63, 3.8) is 0 Å². The van der Waals surface area contributed by atoms with Gasteiger partial charge in [-0.1, -0.05) is 13.8 Å². The van der Waals surface area contributed by atoms with Crippen molar-refractivity contribution < 1.29 is 19.0 Å². The maximum absolute atomic E-state index is 14.1. The summed E-state index contributed by atoms with van der Waals surface area (Å²) < 4.78 is 21.8. The molecule has 33 heavy (non-hydrogen) atoms. The van der Waals surface area contributed by atoms with Gasteiger partial charge >= 0.3 is 5.97 Å². The van der Waals surface area contributed by atoms with Gasteiger partial charge in [-0.25, -0.2) is 14.2 Å². The number of carboxylic acids is 1. The molecule has 172 valence electrons. The number of aliphatic carboxylic acids is 1. The van der Waals surface area contributed by atoms with Gasteiger partial charge in [0.15, 0.2) is 11.2 Å². The molecule has 7 nitrogen and oxygen atoms in total. The predicted molar refractivity (Wildman–Crippen MR) is 123 cm³/mol. The molecule has 1 fully saturated rings. The third-order valence-electron chi connectivity index (χ3n) is 7.03. The zero-order valence-corrected chi connectivity index (χ0v) is 19.1. The van der Waals surface area contributed by atoms with E-state index in [4.69, 9.17) is 9.72 Å². The van der Waals surface area contributed by atoms with E-state index in [0.717, 1.165) is 33.4 Å². The Kier molecular flexibility index (Phi) is 5.01. The number of aromatic nitrogens is 4. The minimum Gasteiger partial charge on any atom is -0.479 e. The lowest BCUT2D eigenvalue weighted by molar-refractivity contribution is -0.161. The van der Waals surface area contributed by atoms with Gasteiger partial charge in [0.05, 0.1) is 17.2 Å². The molecule has 2 N–H and O–H groups in total. The van der Waals surface area contributed by atoms with Gasteiger partial charge in [-0.15, -0.1) is 0 Å². The highest BCUT2D eigenvalue weighted by atomic mass is 19.1. The molecule has 2 atom stereocenters. The molecule has 1 saturated carbocycles. The Hall–Kier alpha value is -3.26. The maximum atomic E-state index is 14.1. The Morgan fingerprint density at radius 3 is 2.79 bits per heavy atom. The lowest BCUT2D eigenvalue weighted by Gasteiger charge is -2.23. The molecule has 1 aromatic carbocycles. The van der Waals surface area contributed by atoms with Gasteiger partial charge in [0.1, 0.15) is 5.82 Å². The summed E-state index contributed by atoms with van der Waals surface area (Å²) in [6.07, 6.45) is 3.24. The zero-order chi connectivity index (χ0) is 23.5. The molecule has 4 aromatic rings. The summed E-state index contributed by atoms with van der Waals surface area (Å²) >= 11 is 0. The lowest BCUT2D eigenvalue weighted by atomic mass is 9.90. The average molecular weight is 451 g/mol. The quantitative estimate of drug-likeness (QED) is 0.435. The number of aromatic amines is 1. The van der Waals surface area contributed by atoms with Crippen LogP contribution in [0.25, 0.3) is 27.8 Å². The van der Waals surface area contributed by atoms with Crippen molar-refractivity contribution in [2.75, 3.05) is 7.11 Å². The summed E-state index contributed by atoms with van der Waals surface area (Å²) in [4.78, 5) is 17.0. The first kappa shape index (κ1) is 21.6. The molecule has 0 bridgehead atoms. The van der Waals surface area contributed by atoms with E-state index in [9.17, 15) is 14.3 Å². The number of carbonyl (C=O) groups is 1. The molecule has 0 radical (unpaired) electrons. The van der Waals surface area contributed by atoms with Crippen LogP contribution >= 0.6 is 0 Å². The fourth-order valence-electron chi connectivity index (χ4n) is 5.35. The van der Waals surface area contributed by atoms with Crippen LogP contribution in [0.2, 0.25) is 0 Å². The topological polar surface area (TPSA) is 93.0 Å². The third kappa shape index (κ3) is 3.23. The highest BCUT2D eigenvalue weighted by Gasteiger charge is 2.48. The zero-order valence-electron chi connectivity index (χ0n) is 19.1. The molecule has 3 heterocycles. The van der Waals surface area contributed by atoms with Crippen LogP contribution in [0, 0.1) is 12.7 Å². The molecule has 8 heteroatoms. The van der Waals surface area contributed by atoms with E-state index in [1.165, 1.54) is 13.2 Å². The van der Waals surface area contributed by atoms with Gasteiger partial charge in [0.25, 0.3) is 0 Å². The van der Waals surface area contributed by atoms with E-state index in [0.29, 0.717) is 30.5 Å². The average Bonchev–Trinajstić information content (AvgIpc) is 3.49. The fraction of sp³-hybridized carbons (Fsp3) is 0.400. The Morgan fingerprint density at radius 1 is 1.36 bits per heavy atom. The minimum atomic E-state index is -1.20. The molecular weight excluding hydrogens is 423 g/mol. The van der Waals surface area contributed by atoms with Crippen LogP contribution in [0.1, 0.15) is 61.8 Å². The number of aryl methyl sites for hydroxylation is 1. The molecule has 0 spiro atoms. The van der Waals surface area contributed by atoms with E-state index in [1.807, 2.05) is 12.1 Å². The molecule has 3 aromatic heterocycles. The second kappa shape index (κ2) is 7.66. The Labute approximate surface area is 190 Å². The number of halogens is 1. The predicted octanol–water partition coefficient (Wildman–Crippen LogP) is 5.21. The Balaban J connectivity index is 1.82. The number of rotatable bonds is 5. The monoisotopic (exact) mass is 450 g/mol. The van der Waals surface area contributed by atoms with Gasteiger partial charge in [0, 0.05) is 29.4 Å². The van der Waals surface area contributed by atoms with Crippen LogP contribution in [0.4, 0.5) is 4.39 Å². The van der Waals surface area contributed by atoms with Gasteiger partial charge in [0.2, 0.25) is 0 Å². The molecule has 0 unspecified atom stereocenters. The number of H-pyrrole nitrogens is 1. The minimum absolute atomic E-state index is 0.0309. The van der Waals surface area contributed by atoms with Crippen molar-refractivity contribution in [1.82, 2.24) is 19.7 Å². The summed E-state index contributed by atoms with van der Waals surface area (Å²) in [6.45, 7) is 5.99. The van der Waals surface area contributed by atoms with Gasteiger partial charge in [-0.2, -0.15) is 5.10 Å². The van der Waals surface area contributed by atoms with Crippen LogP contribution in [-0.2, 0) is 9.53 Å². The van der Waals surface area contributed by atoms with E-state index in [2.05, 4.69) is 28.6 Å². The SMILES string of the molecule is CO[C@@]1(C(=O)O)CC[C@@H](c2c(C(C)C)n(-c3ccc(F)c(C)c3)c3cc4cn[nH]c4nc23)C1. The fourth-order valence-corrected chi connectivity index (χ4v) is 5.35. The van der Waals surface area contributed by atoms with Crippen molar-refractivity contribution in [1.29, 1.82) is 0 Å². The molecule has 1 aliphatic rings. The van der Waals surface area contributed by atoms with E-state index in [1.54, 1.807) is 19.2 Å². The number of carboxylic acid groups (broad SMARTS) is 1. The van der Waals surface area contributed by atoms with Crippen molar-refractivity contribution in [2.24, 2.45) is 0 Å². The van der Waals surface area contributed by atoms with Crippen LogP contribution in [-0.4, -0.2) is 43.5 Å². The van der Waals surface area contributed by atoms with Crippen molar-refractivity contribution in [3.05, 3.63) is 53.1 Å². The van der Waals surface area contributed by atoms with Crippen molar-refractivity contribution >= 4 is 28.0 Å². The molecule has 5 rings (SSSR count). The van der Waals surface area contributed by atoms with E-state index in [-0.39, 0.29) is 17.7 Å². The lowest BCUT2D eigenvalue weighted by Crippen LogP contribution is -2.37. The highest BCUT2D eigenvalue weighted by Crippen LogP contribution is 2.48. The number of fused-ring (bicyclic) bond motifs is 2. The second-order valence-corrected chi connectivity index (χ2v) is 9.33. The Morgan fingerprint density at radius 2 is 2.15 bits per heavy atom.